The van der Waals surface area contributed by atoms with Gasteiger partial charge in [-0.15, -0.1) is 0 Å². The Morgan fingerprint density at radius 2 is 1.82 bits per heavy atom. The third-order valence-corrected chi connectivity index (χ3v) is 5.12. The van der Waals surface area contributed by atoms with E-state index in [0.717, 1.165) is 47.5 Å². The number of aryl methyl sites for hydroxylation is 2. The third-order valence-electron chi connectivity index (χ3n) is 5.12. The summed E-state index contributed by atoms with van der Waals surface area (Å²) in [6.07, 6.45) is 4.91. The summed E-state index contributed by atoms with van der Waals surface area (Å²) in [6, 6.07) is 7.65. The lowest BCUT2D eigenvalue weighted by Gasteiger charge is -2.15. The van der Waals surface area contributed by atoms with E-state index in [1.54, 1.807) is 20.0 Å². The van der Waals surface area contributed by atoms with Gasteiger partial charge in [-0.3, -0.25) is 0 Å². The van der Waals surface area contributed by atoms with Crippen molar-refractivity contribution >= 4 is 11.5 Å². The maximum absolute atomic E-state index is 14.2. The predicted octanol–water partition coefficient (Wildman–Crippen LogP) is 6.28. The van der Waals surface area contributed by atoms with Gasteiger partial charge in [-0.2, -0.15) is 0 Å². The molecule has 5 heteroatoms. The van der Waals surface area contributed by atoms with Crippen molar-refractivity contribution in [3.63, 3.8) is 0 Å². The Balaban J connectivity index is 1.65. The molecule has 2 aromatic heterocycles. The second-order valence-corrected chi connectivity index (χ2v) is 7.32. The lowest BCUT2D eigenvalue weighted by molar-refractivity contribution is 0.489. The fourth-order valence-corrected chi connectivity index (χ4v) is 3.84. The number of furan rings is 1. The summed E-state index contributed by atoms with van der Waals surface area (Å²) < 4.78 is 34.4. The zero-order chi connectivity index (χ0) is 19.8. The number of fused-ring (bicyclic) bond motifs is 1. The number of halogens is 2. The molecule has 0 bridgehead atoms. The molecule has 3 aromatic rings. The van der Waals surface area contributed by atoms with E-state index < -0.39 is 11.6 Å². The highest BCUT2D eigenvalue weighted by Gasteiger charge is 2.23. The molecule has 0 radical (unpaired) electrons. The maximum atomic E-state index is 14.2. The Labute approximate surface area is 163 Å². The van der Waals surface area contributed by atoms with Crippen LogP contribution >= 0.6 is 0 Å². The van der Waals surface area contributed by atoms with E-state index in [4.69, 9.17) is 4.42 Å². The van der Waals surface area contributed by atoms with Crippen LogP contribution in [-0.4, -0.2) is 4.98 Å². The number of hydrogen-bond acceptors (Lipinski definition) is 3. The molecule has 0 saturated carbocycles. The summed E-state index contributed by atoms with van der Waals surface area (Å²) in [4.78, 5) is 4.48. The Bertz CT molecular complexity index is 1040. The number of aromatic nitrogens is 1. The molecule has 0 aliphatic heterocycles. The average molecular weight is 380 g/mol. The molecular formula is C23H22F2N2O. The minimum atomic E-state index is -0.607. The topological polar surface area (TPSA) is 38.1 Å². The summed E-state index contributed by atoms with van der Waals surface area (Å²) in [5, 5.41) is 3.08. The normalized spacial score (nSPS) is 12.8. The molecule has 0 fully saturated rings. The van der Waals surface area contributed by atoms with Crippen LogP contribution in [-0.2, 0) is 12.8 Å². The van der Waals surface area contributed by atoms with Crippen molar-refractivity contribution in [3.05, 3.63) is 76.4 Å². The molecule has 1 aliphatic rings. The molecule has 2 heterocycles. The van der Waals surface area contributed by atoms with E-state index >= 15 is 0 Å². The molecule has 144 valence electrons. The first-order valence-corrected chi connectivity index (χ1v) is 9.42. The number of benzene rings is 1. The van der Waals surface area contributed by atoms with Gasteiger partial charge in [0, 0.05) is 29.3 Å². The summed E-state index contributed by atoms with van der Waals surface area (Å²) in [5.41, 5.74) is 4.46. The molecule has 0 atom stereocenters. The molecule has 0 saturated heterocycles. The Morgan fingerprint density at radius 3 is 2.46 bits per heavy atom. The Kier molecular flexibility index (Phi) is 4.75. The number of pyridine rings is 1. The van der Waals surface area contributed by atoms with E-state index in [0.29, 0.717) is 11.5 Å². The Hall–Kier alpha value is -2.95. The summed E-state index contributed by atoms with van der Waals surface area (Å²) >= 11 is 0. The fraction of sp³-hybridized carbons (Fsp3) is 0.261. The molecule has 1 aliphatic carbocycles. The number of hydrogen-bond donors (Lipinski definition) is 1. The smallest absolute Gasteiger partial charge is 0.135 e. The van der Waals surface area contributed by atoms with E-state index in [1.807, 2.05) is 19.1 Å². The molecule has 0 unspecified atom stereocenters. The SMILES string of the molecule is CC(C)=C(Nc1ccc(-c2c(C)oc3c2CCC3)cn1)c1c(F)cccc1F. The van der Waals surface area contributed by atoms with Crippen molar-refractivity contribution < 1.29 is 13.2 Å². The largest absolute Gasteiger partial charge is 0.465 e. The lowest BCUT2D eigenvalue weighted by Crippen LogP contribution is -2.07. The average Bonchev–Trinajstić information content (AvgIpc) is 3.21. The molecule has 1 aromatic carbocycles. The van der Waals surface area contributed by atoms with Gasteiger partial charge in [0.15, 0.2) is 0 Å². The van der Waals surface area contributed by atoms with Crippen LogP contribution in [0.5, 0.6) is 0 Å². The van der Waals surface area contributed by atoms with Crippen LogP contribution in [0.25, 0.3) is 16.8 Å². The maximum Gasteiger partial charge on any atom is 0.135 e. The molecule has 3 nitrogen and oxygen atoms in total. The van der Waals surface area contributed by atoms with Crippen molar-refractivity contribution in [3.8, 4) is 11.1 Å². The van der Waals surface area contributed by atoms with Gasteiger partial charge in [-0.25, -0.2) is 13.8 Å². The number of anilines is 1. The van der Waals surface area contributed by atoms with Gasteiger partial charge >= 0.3 is 0 Å². The molecular weight excluding hydrogens is 358 g/mol. The lowest BCUT2D eigenvalue weighted by atomic mass is 10.0. The van der Waals surface area contributed by atoms with Gasteiger partial charge in [-0.05, 0) is 57.9 Å². The van der Waals surface area contributed by atoms with Crippen molar-refractivity contribution in [2.75, 3.05) is 5.32 Å². The minimum absolute atomic E-state index is 0.0723. The monoisotopic (exact) mass is 380 g/mol. The molecule has 0 amide bonds. The molecule has 4 rings (SSSR count). The highest BCUT2D eigenvalue weighted by Crippen LogP contribution is 2.37. The summed E-state index contributed by atoms with van der Waals surface area (Å²) in [7, 11) is 0. The molecule has 0 spiro atoms. The van der Waals surface area contributed by atoms with Crippen LogP contribution in [0.3, 0.4) is 0 Å². The number of rotatable bonds is 4. The zero-order valence-corrected chi connectivity index (χ0v) is 16.2. The highest BCUT2D eigenvalue weighted by atomic mass is 19.1. The van der Waals surface area contributed by atoms with Gasteiger partial charge in [0.2, 0.25) is 0 Å². The number of allylic oxidation sites excluding steroid dienone is 1. The van der Waals surface area contributed by atoms with Crippen LogP contribution < -0.4 is 5.32 Å². The summed E-state index contributed by atoms with van der Waals surface area (Å²) in [6.45, 7) is 5.59. The number of nitrogens with zero attached hydrogens (tertiary/aromatic N) is 1. The van der Waals surface area contributed by atoms with Crippen LogP contribution in [0.15, 0.2) is 46.5 Å². The van der Waals surface area contributed by atoms with E-state index in [2.05, 4.69) is 10.3 Å². The van der Waals surface area contributed by atoms with Crippen molar-refractivity contribution in [1.82, 2.24) is 4.98 Å². The fourth-order valence-electron chi connectivity index (χ4n) is 3.84. The van der Waals surface area contributed by atoms with Gasteiger partial charge in [0.05, 0.1) is 11.3 Å². The van der Waals surface area contributed by atoms with Gasteiger partial charge in [0.1, 0.15) is 29.0 Å². The standard InChI is InChI=1S/C23H22F2N2O/c1-13(2)23(22-17(24)7-5-8-18(22)25)27-20-11-10-15(12-26-20)21-14(3)28-19-9-4-6-16(19)21/h5,7-8,10-12H,4,6,9H2,1-3H3,(H,26,27). The van der Waals surface area contributed by atoms with Crippen LogP contribution in [0, 0.1) is 18.6 Å². The quantitative estimate of drug-likeness (QED) is 0.579. The predicted molar refractivity (Wildman–Crippen MR) is 107 cm³/mol. The first kappa shape index (κ1) is 18.4. The first-order chi connectivity index (χ1) is 13.5. The van der Waals surface area contributed by atoms with Gasteiger partial charge in [-0.1, -0.05) is 11.6 Å². The second kappa shape index (κ2) is 7.23. The first-order valence-electron chi connectivity index (χ1n) is 9.42. The second-order valence-electron chi connectivity index (χ2n) is 7.32. The van der Waals surface area contributed by atoms with Crippen molar-refractivity contribution in [2.24, 2.45) is 0 Å². The molecule has 28 heavy (non-hydrogen) atoms. The Morgan fingerprint density at radius 1 is 1.07 bits per heavy atom. The van der Waals surface area contributed by atoms with Crippen LogP contribution in [0.1, 0.15) is 42.9 Å². The van der Waals surface area contributed by atoms with Crippen molar-refractivity contribution in [1.29, 1.82) is 0 Å². The molecule has 1 N–H and O–H groups in total. The van der Waals surface area contributed by atoms with E-state index in [1.165, 1.54) is 23.8 Å². The zero-order valence-electron chi connectivity index (χ0n) is 16.2. The minimum Gasteiger partial charge on any atom is -0.465 e. The third kappa shape index (κ3) is 3.21. The summed E-state index contributed by atoms with van der Waals surface area (Å²) in [5.74, 6) is 1.30. The van der Waals surface area contributed by atoms with Gasteiger partial charge < -0.3 is 9.73 Å². The van der Waals surface area contributed by atoms with Crippen LogP contribution in [0.4, 0.5) is 14.6 Å². The van der Waals surface area contributed by atoms with E-state index in [-0.39, 0.29) is 5.56 Å². The highest BCUT2D eigenvalue weighted by molar-refractivity contribution is 5.79. The number of nitrogens with one attached hydrogen (secondary N) is 1. The van der Waals surface area contributed by atoms with Crippen LogP contribution in [0.2, 0.25) is 0 Å². The van der Waals surface area contributed by atoms with Gasteiger partial charge in [0.25, 0.3) is 0 Å². The van der Waals surface area contributed by atoms with Crippen molar-refractivity contribution in [2.45, 2.75) is 40.0 Å². The van der Waals surface area contributed by atoms with E-state index in [9.17, 15) is 8.78 Å².